The topological polar surface area (TPSA) is 81.1 Å². The number of hydrogen-bond donors (Lipinski definition) is 1. The minimum atomic E-state index is 0.0536. The summed E-state index contributed by atoms with van der Waals surface area (Å²) in [6.45, 7) is 2.68. The quantitative estimate of drug-likeness (QED) is 0.503. The zero-order valence-corrected chi connectivity index (χ0v) is 16.0. The Morgan fingerprint density at radius 1 is 1.07 bits per heavy atom. The van der Waals surface area contributed by atoms with E-state index < -0.39 is 0 Å². The van der Waals surface area contributed by atoms with E-state index in [9.17, 15) is 0 Å². The van der Waals surface area contributed by atoms with E-state index in [0.29, 0.717) is 6.54 Å². The number of hydrogen-bond acceptors (Lipinski definition) is 5. The van der Waals surface area contributed by atoms with Gasteiger partial charge < -0.3 is 5.11 Å². The van der Waals surface area contributed by atoms with Gasteiger partial charge >= 0.3 is 0 Å². The summed E-state index contributed by atoms with van der Waals surface area (Å²) in [5.41, 5.74) is 5.73. The number of nitrogens with zero attached hydrogens (tertiary/aromatic N) is 6. The number of aromatic nitrogens is 6. The van der Waals surface area contributed by atoms with E-state index >= 15 is 0 Å². The van der Waals surface area contributed by atoms with Gasteiger partial charge in [0.15, 0.2) is 5.65 Å². The van der Waals surface area contributed by atoms with Crippen molar-refractivity contribution in [1.82, 2.24) is 29.4 Å². The molecule has 0 aliphatic carbocycles. The summed E-state index contributed by atoms with van der Waals surface area (Å²) >= 11 is 0. The van der Waals surface area contributed by atoms with E-state index in [1.807, 2.05) is 41.3 Å². The van der Waals surface area contributed by atoms with Crippen molar-refractivity contribution in [2.75, 3.05) is 6.61 Å². The van der Waals surface area contributed by atoms with E-state index in [1.54, 1.807) is 10.9 Å². The number of imidazole rings is 1. The molecule has 1 N–H and O–H groups in total. The van der Waals surface area contributed by atoms with Crippen LogP contribution in [0.25, 0.3) is 27.8 Å². The molecule has 7 heteroatoms. The third-order valence-electron chi connectivity index (χ3n) is 5.22. The average Bonchev–Trinajstić information content (AvgIpc) is 3.40. The molecule has 1 atom stereocenters. The van der Waals surface area contributed by atoms with E-state index in [0.717, 1.165) is 33.5 Å². The van der Waals surface area contributed by atoms with E-state index in [-0.39, 0.29) is 12.5 Å². The van der Waals surface area contributed by atoms with Crippen molar-refractivity contribution in [3.63, 3.8) is 0 Å². The average molecular weight is 384 g/mol. The molecule has 0 bridgehead atoms. The Kier molecular flexibility index (Phi) is 4.29. The number of aliphatic hydroxyl groups is 1. The molecule has 5 aromatic rings. The predicted molar refractivity (Wildman–Crippen MR) is 111 cm³/mol. The molecule has 0 amide bonds. The van der Waals surface area contributed by atoms with Crippen LogP contribution in [0.3, 0.4) is 0 Å². The largest absolute Gasteiger partial charge is 0.394 e. The van der Waals surface area contributed by atoms with Gasteiger partial charge in [0.25, 0.3) is 0 Å². The maximum atomic E-state index is 9.09. The fourth-order valence-electron chi connectivity index (χ4n) is 3.60. The first kappa shape index (κ1) is 17.5. The normalized spacial score (nSPS) is 12.6. The molecular weight excluding hydrogens is 364 g/mol. The van der Waals surface area contributed by atoms with Gasteiger partial charge in [-0.1, -0.05) is 19.1 Å². The van der Waals surface area contributed by atoms with Crippen LogP contribution >= 0.6 is 0 Å². The molecule has 0 saturated heterocycles. The van der Waals surface area contributed by atoms with Gasteiger partial charge in [-0.3, -0.25) is 9.67 Å². The second-order valence-corrected chi connectivity index (χ2v) is 7.06. The summed E-state index contributed by atoms with van der Waals surface area (Å²) in [5, 5.41) is 19.3. The molecule has 0 spiro atoms. The van der Waals surface area contributed by atoms with E-state index in [2.05, 4.69) is 46.3 Å². The van der Waals surface area contributed by atoms with Crippen LogP contribution < -0.4 is 0 Å². The van der Waals surface area contributed by atoms with Gasteiger partial charge in [-0.05, 0) is 35.9 Å². The highest BCUT2D eigenvalue weighted by atomic mass is 16.3. The molecule has 0 aliphatic heterocycles. The molecule has 29 heavy (non-hydrogen) atoms. The fraction of sp³-hybridized carbons (Fsp3) is 0.182. The van der Waals surface area contributed by atoms with Crippen LogP contribution in [-0.4, -0.2) is 41.1 Å². The Morgan fingerprint density at radius 2 is 2.00 bits per heavy atom. The zero-order chi connectivity index (χ0) is 19.8. The van der Waals surface area contributed by atoms with Crippen LogP contribution in [0.15, 0.2) is 67.3 Å². The molecule has 144 valence electrons. The lowest BCUT2D eigenvalue weighted by atomic mass is 9.97. The first-order valence-corrected chi connectivity index (χ1v) is 9.56. The van der Waals surface area contributed by atoms with Gasteiger partial charge in [0.05, 0.1) is 42.4 Å². The van der Waals surface area contributed by atoms with Gasteiger partial charge in [-0.2, -0.15) is 10.2 Å². The Bertz CT molecular complexity index is 1310. The van der Waals surface area contributed by atoms with Crippen molar-refractivity contribution >= 4 is 16.6 Å². The summed E-state index contributed by atoms with van der Waals surface area (Å²) < 4.78 is 3.61. The molecule has 5 rings (SSSR count). The van der Waals surface area contributed by atoms with Gasteiger partial charge in [0.2, 0.25) is 0 Å². The molecular formula is C22H20N6O. The van der Waals surface area contributed by atoms with Gasteiger partial charge in [-0.15, -0.1) is 0 Å². The number of aliphatic hydroxyl groups excluding tert-OH is 1. The molecule has 0 aliphatic rings. The fourth-order valence-corrected chi connectivity index (χ4v) is 3.60. The van der Waals surface area contributed by atoms with Crippen molar-refractivity contribution in [3.05, 3.63) is 78.5 Å². The highest BCUT2D eigenvalue weighted by Gasteiger charge is 2.16. The third-order valence-corrected chi connectivity index (χ3v) is 5.22. The van der Waals surface area contributed by atoms with Gasteiger partial charge in [0, 0.05) is 29.3 Å². The standard InChI is InChI=1S/C22H20N6O/c1-15(16-4-5-19-17(11-16)3-2-8-23-19)21-13-24-22-7-6-20(26-28(21)22)18-12-25-27(14-18)9-10-29/h2-8,11-15,29H,9-10H2,1H3. The van der Waals surface area contributed by atoms with Crippen molar-refractivity contribution < 1.29 is 5.11 Å². The zero-order valence-electron chi connectivity index (χ0n) is 16.0. The summed E-state index contributed by atoms with van der Waals surface area (Å²) in [6, 6.07) is 14.3. The first-order valence-electron chi connectivity index (χ1n) is 9.56. The molecule has 1 aromatic carbocycles. The molecule has 1 unspecified atom stereocenters. The number of fused-ring (bicyclic) bond motifs is 2. The van der Waals surface area contributed by atoms with Crippen molar-refractivity contribution in [2.45, 2.75) is 19.4 Å². The highest BCUT2D eigenvalue weighted by Crippen LogP contribution is 2.27. The van der Waals surface area contributed by atoms with Gasteiger partial charge in [-0.25, -0.2) is 9.50 Å². The smallest absolute Gasteiger partial charge is 0.153 e. The molecule has 7 nitrogen and oxygen atoms in total. The molecule has 4 heterocycles. The minimum absolute atomic E-state index is 0.0536. The van der Waals surface area contributed by atoms with Crippen LogP contribution in [0.5, 0.6) is 0 Å². The summed E-state index contributed by atoms with van der Waals surface area (Å²) in [5.74, 6) is 0.120. The van der Waals surface area contributed by atoms with Crippen LogP contribution in [0.2, 0.25) is 0 Å². The van der Waals surface area contributed by atoms with Crippen LogP contribution in [0, 0.1) is 0 Å². The molecule has 0 fully saturated rings. The maximum Gasteiger partial charge on any atom is 0.153 e. The Morgan fingerprint density at radius 3 is 2.90 bits per heavy atom. The van der Waals surface area contributed by atoms with E-state index in [4.69, 9.17) is 10.2 Å². The van der Waals surface area contributed by atoms with Crippen molar-refractivity contribution in [1.29, 1.82) is 0 Å². The van der Waals surface area contributed by atoms with Crippen LogP contribution in [0.4, 0.5) is 0 Å². The monoisotopic (exact) mass is 384 g/mol. The minimum Gasteiger partial charge on any atom is -0.394 e. The SMILES string of the molecule is CC(c1ccc2ncccc2c1)c1cnc2ccc(-c3cnn(CCO)c3)nn12. The Hall–Kier alpha value is -3.58. The van der Waals surface area contributed by atoms with Crippen LogP contribution in [0.1, 0.15) is 24.1 Å². The first-order chi connectivity index (χ1) is 14.2. The Balaban J connectivity index is 1.55. The van der Waals surface area contributed by atoms with Crippen molar-refractivity contribution in [3.8, 4) is 11.3 Å². The summed E-state index contributed by atoms with van der Waals surface area (Å²) in [4.78, 5) is 8.93. The summed E-state index contributed by atoms with van der Waals surface area (Å²) in [6.07, 6.45) is 7.35. The number of benzene rings is 1. The maximum absolute atomic E-state index is 9.09. The van der Waals surface area contributed by atoms with E-state index in [1.165, 1.54) is 5.56 Å². The highest BCUT2D eigenvalue weighted by molar-refractivity contribution is 5.79. The Labute approximate surface area is 167 Å². The number of rotatable bonds is 5. The lowest BCUT2D eigenvalue weighted by Gasteiger charge is -2.12. The second-order valence-electron chi connectivity index (χ2n) is 7.06. The lowest BCUT2D eigenvalue weighted by Crippen LogP contribution is -2.04. The molecule has 4 aromatic heterocycles. The third kappa shape index (κ3) is 3.15. The molecule has 0 radical (unpaired) electrons. The summed E-state index contributed by atoms with van der Waals surface area (Å²) in [7, 11) is 0. The predicted octanol–water partition coefficient (Wildman–Crippen LogP) is 3.29. The van der Waals surface area contributed by atoms with Crippen molar-refractivity contribution in [2.24, 2.45) is 0 Å². The lowest BCUT2D eigenvalue weighted by molar-refractivity contribution is 0.269. The van der Waals surface area contributed by atoms with Crippen LogP contribution in [-0.2, 0) is 6.54 Å². The molecule has 0 saturated carbocycles. The number of pyridine rings is 1. The second kappa shape index (κ2) is 7.10. The van der Waals surface area contributed by atoms with Gasteiger partial charge in [0.1, 0.15) is 0 Å².